The number of aromatic nitrogens is 2. The van der Waals surface area contributed by atoms with E-state index in [4.69, 9.17) is 0 Å². The maximum absolute atomic E-state index is 14.3. The van der Waals surface area contributed by atoms with Gasteiger partial charge in [-0.2, -0.15) is 0 Å². The quantitative estimate of drug-likeness (QED) is 0.793. The van der Waals surface area contributed by atoms with Crippen molar-refractivity contribution in [3.05, 3.63) is 60.1 Å². The van der Waals surface area contributed by atoms with E-state index in [1.807, 2.05) is 0 Å². The van der Waals surface area contributed by atoms with Crippen molar-refractivity contribution in [3.63, 3.8) is 0 Å². The van der Waals surface area contributed by atoms with E-state index in [9.17, 15) is 13.6 Å². The van der Waals surface area contributed by atoms with Gasteiger partial charge in [-0.3, -0.25) is 24.7 Å². The van der Waals surface area contributed by atoms with Gasteiger partial charge in [0, 0.05) is 50.2 Å². The van der Waals surface area contributed by atoms with Gasteiger partial charge in [0.15, 0.2) is 0 Å². The lowest BCUT2D eigenvalue weighted by atomic mass is 9.92. The molecule has 0 radical (unpaired) electrons. The molecule has 0 atom stereocenters. The normalized spacial score (nSPS) is 15.4. The Morgan fingerprint density at radius 1 is 1.37 bits per heavy atom. The molecule has 0 bridgehead atoms. The van der Waals surface area contributed by atoms with Crippen molar-refractivity contribution in [3.8, 4) is 11.3 Å². The van der Waals surface area contributed by atoms with Gasteiger partial charge in [0.25, 0.3) is 5.91 Å². The van der Waals surface area contributed by atoms with Crippen molar-refractivity contribution in [2.24, 2.45) is 4.99 Å². The number of carbonyl (C=O) groups is 1. The van der Waals surface area contributed by atoms with Crippen molar-refractivity contribution < 1.29 is 13.6 Å². The van der Waals surface area contributed by atoms with Crippen LogP contribution in [0.1, 0.15) is 22.0 Å². The molecule has 1 saturated heterocycles. The molecule has 1 N–H and O–H groups in total. The third-order valence-corrected chi connectivity index (χ3v) is 4.33. The molecule has 1 fully saturated rings. The van der Waals surface area contributed by atoms with Gasteiger partial charge in [-0.25, -0.2) is 8.78 Å². The SMILES string of the molecule is CNC(=O)c1ccc(-c2nccnc2C2CN(CN=CC=CF)C2)cc1F. The Morgan fingerprint density at radius 3 is 2.85 bits per heavy atom. The molecule has 1 aliphatic rings. The van der Waals surface area contributed by atoms with Crippen LogP contribution in [0.25, 0.3) is 11.3 Å². The van der Waals surface area contributed by atoms with Crippen LogP contribution in [0, 0.1) is 5.82 Å². The Hall–Kier alpha value is -3.00. The van der Waals surface area contributed by atoms with Crippen molar-refractivity contribution in [1.82, 2.24) is 20.2 Å². The standard InChI is InChI=1S/C19H19F2N5O/c1-22-19(27)15-4-3-13(9-16(15)21)17-18(25-8-7-24-17)14-10-26(11-14)12-23-6-2-5-20/h2-9,14H,10-12H2,1H3,(H,22,27). The fourth-order valence-electron chi connectivity index (χ4n) is 2.97. The van der Waals surface area contributed by atoms with Crippen molar-refractivity contribution in [2.75, 3.05) is 26.8 Å². The molecule has 1 aromatic heterocycles. The summed E-state index contributed by atoms with van der Waals surface area (Å²) in [5.41, 5.74) is 1.95. The third kappa shape index (κ3) is 4.22. The maximum Gasteiger partial charge on any atom is 0.253 e. The molecule has 8 heteroatoms. The van der Waals surface area contributed by atoms with Gasteiger partial charge in [-0.05, 0) is 18.2 Å². The van der Waals surface area contributed by atoms with E-state index >= 15 is 0 Å². The molecule has 1 aliphatic heterocycles. The predicted octanol–water partition coefficient (Wildman–Crippen LogP) is 2.55. The molecule has 2 aromatic rings. The lowest BCUT2D eigenvalue weighted by Gasteiger charge is -2.38. The average Bonchev–Trinajstić information content (AvgIpc) is 2.66. The molecule has 0 saturated carbocycles. The van der Waals surface area contributed by atoms with Crippen LogP contribution in [0.2, 0.25) is 0 Å². The van der Waals surface area contributed by atoms with Gasteiger partial charge < -0.3 is 5.32 Å². The highest BCUT2D eigenvalue weighted by Crippen LogP contribution is 2.32. The molecule has 1 aromatic carbocycles. The molecular weight excluding hydrogens is 352 g/mol. The summed E-state index contributed by atoms with van der Waals surface area (Å²) in [6.45, 7) is 1.95. The smallest absolute Gasteiger partial charge is 0.253 e. The van der Waals surface area contributed by atoms with Gasteiger partial charge in [0.2, 0.25) is 0 Å². The summed E-state index contributed by atoms with van der Waals surface area (Å²) in [5, 5.41) is 2.41. The highest BCUT2D eigenvalue weighted by atomic mass is 19.1. The van der Waals surface area contributed by atoms with Crippen LogP contribution in [0.3, 0.4) is 0 Å². The van der Waals surface area contributed by atoms with Crippen LogP contribution in [0.4, 0.5) is 8.78 Å². The monoisotopic (exact) mass is 371 g/mol. The van der Waals surface area contributed by atoms with Crippen LogP contribution in [0.15, 0.2) is 48.0 Å². The Morgan fingerprint density at radius 2 is 2.15 bits per heavy atom. The number of aliphatic imine (C=N–C) groups is 1. The number of allylic oxidation sites excluding steroid dienone is 1. The molecule has 2 heterocycles. The second kappa shape index (κ2) is 8.59. The van der Waals surface area contributed by atoms with Crippen LogP contribution in [-0.2, 0) is 0 Å². The number of likely N-dealkylation sites (tertiary alicyclic amines) is 1. The number of nitrogens with zero attached hydrogens (tertiary/aromatic N) is 4. The molecule has 0 spiro atoms. The van der Waals surface area contributed by atoms with E-state index in [-0.39, 0.29) is 11.5 Å². The van der Waals surface area contributed by atoms with Crippen LogP contribution >= 0.6 is 0 Å². The van der Waals surface area contributed by atoms with Gasteiger partial charge in [-0.1, -0.05) is 6.07 Å². The zero-order valence-electron chi connectivity index (χ0n) is 14.8. The summed E-state index contributed by atoms with van der Waals surface area (Å²) in [5.74, 6) is -0.924. The first-order valence-corrected chi connectivity index (χ1v) is 8.44. The second-order valence-corrected chi connectivity index (χ2v) is 6.09. The maximum atomic E-state index is 14.3. The van der Waals surface area contributed by atoms with Gasteiger partial charge >= 0.3 is 0 Å². The minimum atomic E-state index is -0.603. The number of hydrogen-bond donors (Lipinski definition) is 1. The number of halogens is 2. The summed E-state index contributed by atoms with van der Waals surface area (Å²) < 4.78 is 26.2. The van der Waals surface area contributed by atoms with E-state index in [0.717, 1.165) is 18.8 Å². The lowest BCUT2D eigenvalue weighted by Crippen LogP contribution is -2.45. The van der Waals surface area contributed by atoms with E-state index in [0.29, 0.717) is 24.3 Å². The Bertz CT molecular complexity index is 878. The first-order valence-electron chi connectivity index (χ1n) is 8.44. The number of nitrogens with one attached hydrogen (secondary N) is 1. The number of carbonyl (C=O) groups excluding carboxylic acids is 1. The number of rotatable bonds is 6. The molecule has 27 heavy (non-hydrogen) atoms. The van der Waals surface area contributed by atoms with Crippen molar-refractivity contribution >= 4 is 12.1 Å². The Labute approximate surface area is 155 Å². The minimum absolute atomic E-state index is 0.0123. The highest BCUT2D eigenvalue weighted by Gasteiger charge is 2.31. The van der Waals surface area contributed by atoms with Crippen molar-refractivity contribution in [2.45, 2.75) is 5.92 Å². The molecule has 0 unspecified atom stereocenters. The fraction of sp³-hybridized carbons (Fsp3) is 0.263. The summed E-state index contributed by atoms with van der Waals surface area (Å²) in [6, 6.07) is 4.43. The van der Waals surface area contributed by atoms with Gasteiger partial charge in [-0.15, -0.1) is 0 Å². The summed E-state index contributed by atoms with van der Waals surface area (Å²) in [6.07, 6.45) is 6.25. The van der Waals surface area contributed by atoms with Crippen molar-refractivity contribution in [1.29, 1.82) is 0 Å². The Balaban J connectivity index is 1.76. The van der Waals surface area contributed by atoms with Crippen LogP contribution in [-0.4, -0.2) is 53.8 Å². The number of hydrogen-bond acceptors (Lipinski definition) is 5. The average molecular weight is 371 g/mol. The first kappa shape index (κ1) is 18.8. The topological polar surface area (TPSA) is 70.5 Å². The number of benzene rings is 1. The molecule has 140 valence electrons. The van der Waals surface area contributed by atoms with E-state index in [1.165, 1.54) is 31.5 Å². The van der Waals surface area contributed by atoms with Crippen LogP contribution < -0.4 is 5.32 Å². The van der Waals surface area contributed by atoms with Gasteiger partial charge in [0.1, 0.15) is 5.82 Å². The largest absolute Gasteiger partial charge is 0.355 e. The number of amides is 1. The molecule has 1 amide bonds. The highest BCUT2D eigenvalue weighted by molar-refractivity contribution is 5.94. The van der Waals surface area contributed by atoms with Gasteiger partial charge in [0.05, 0.1) is 29.9 Å². The predicted molar refractivity (Wildman–Crippen MR) is 98.7 cm³/mol. The summed E-state index contributed by atoms with van der Waals surface area (Å²) in [4.78, 5) is 26.6. The Kier molecular flexibility index (Phi) is 5.97. The van der Waals surface area contributed by atoms with Crippen LogP contribution in [0.5, 0.6) is 0 Å². The molecule has 6 nitrogen and oxygen atoms in total. The summed E-state index contributed by atoms with van der Waals surface area (Å²) in [7, 11) is 1.46. The van der Waals surface area contributed by atoms with E-state index in [2.05, 4.69) is 25.2 Å². The zero-order valence-corrected chi connectivity index (χ0v) is 14.8. The third-order valence-electron chi connectivity index (χ3n) is 4.33. The zero-order chi connectivity index (χ0) is 19.2. The molecule has 3 rings (SSSR count). The fourth-order valence-corrected chi connectivity index (χ4v) is 2.97. The lowest BCUT2D eigenvalue weighted by molar-refractivity contribution is 0.0959. The first-order chi connectivity index (χ1) is 13.1. The van der Waals surface area contributed by atoms with E-state index in [1.54, 1.807) is 18.5 Å². The molecule has 0 aliphatic carbocycles. The molecular formula is C19H19F2N5O. The minimum Gasteiger partial charge on any atom is -0.355 e. The summed E-state index contributed by atoms with van der Waals surface area (Å²) >= 11 is 0. The second-order valence-electron chi connectivity index (χ2n) is 6.09. The van der Waals surface area contributed by atoms with E-state index < -0.39 is 11.7 Å².